The fourth-order valence-corrected chi connectivity index (χ4v) is 5.71. The number of hydrogen-bond donors (Lipinski definition) is 0. The fourth-order valence-electron chi connectivity index (χ4n) is 5.71. The summed E-state index contributed by atoms with van der Waals surface area (Å²) in [6, 6.07) is 6.80. The van der Waals surface area contributed by atoms with Crippen molar-refractivity contribution in [3.05, 3.63) is 36.9 Å². The highest BCUT2D eigenvalue weighted by Gasteiger charge is 2.61. The van der Waals surface area contributed by atoms with E-state index in [-0.39, 0.29) is 17.7 Å². The first-order chi connectivity index (χ1) is 15.5. The monoisotopic (exact) mass is 429 g/mol. The number of anilines is 1. The van der Waals surface area contributed by atoms with Gasteiger partial charge in [0.25, 0.3) is 0 Å². The summed E-state index contributed by atoms with van der Waals surface area (Å²) in [6.07, 6.45) is 10.8. The van der Waals surface area contributed by atoms with E-state index in [1.54, 1.807) is 6.20 Å². The summed E-state index contributed by atoms with van der Waals surface area (Å²) in [7, 11) is 2.14. The second-order valence-corrected chi connectivity index (χ2v) is 9.76. The summed E-state index contributed by atoms with van der Waals surface area (Å²) >= 11 is 0. The largest absolute Gasteiger partial charge is 0.309 e. The molecule has 3 atom stereocenters. The lowest BCUT2D eigenvalue weighted by molar-refractivity contribution is -0.124. The number of likely N-dealkylation sites (tertiary alicyclic amines) is 1. The maximum absolute atomic E-state index is 13.5. The molecule has 0 unspecified atom stereocenters. The first kappa shape index (κ1) is 19.5. The third kappa shape index (κ3) is 2.74. The van der Waals surface area contributed by atoms with Crippen LogP contribution in [-0.2, 0) is 4.79 Å². The Hall–Kier alpha value is -3.18. The van der Waals surface area contributed by atoms with E-state index < -0.39 is 5.41 Å². The average molecular weight is 430 g/mol. The van der Waals surface area contributed by atoms with Crippen molar-refractivity contribution in [3.8, 4) is 17.2 Å². The molecule has 3 fully saturated rings. The number of likely N-dealkylation sites (N-methyl/N-ethyl adjacent to an activating group) is 1. The van der Waals surface area contributed by atoms with Gasteiger partial charge in [-0.1, -0.05) is 6.92 Å². The van der Waals surface area contributed by atoms with Gasteiger partial charge in [-0.15, -0.1) is 0 Å². The van der Waals surface area contributed by atoms with Gasteiger partial charge in [-0.2, -0.15) is 15.5 Å². The molecule has 0 N–H and O–H groups in total. The maximum Gasteiger partial charge on any atom is 0.248 e. The molecule has 5 heterocycles. The number of carbonyl (C=O) groups is 1. The van der Waals surface area contributed by atoms with Gasteiger partial charge in [0.05, 0.1) is 29.5 Å². The molecule has 2 saturated heterocycles. The SMILES string of the molecule is C[C@@H]1CN(c2ccnn3cc(-c4cnn([C@@H]5CCN(C)C5)c4)cc23)C(=O)[C@]1(C#N)C1CC1. The molecule has 3 aromatic heterocycles. The highest BCUT2D eigenvalue weighted by atomic mass is 16.2. The Morgan fingerprint density at radius 3 is 2.72 bits per heavy atom. The predicted molar refractivity (Wildman–Crippen MR) is 120 cm³/mol. The molecule has 0 aromatic carbocycles. The minimum Gasteiger partial charge on any atom is -0.309 e. The standard InChI is InChI=1S/C24H27N7O/c1-16-11-29(23(32)24(16,15-25)19-3-4-19)21-5-7-26-31-12-17(9-22(21)31)18-10-27-30(13-18)20-6-8-28(2)14-20/h5,7,9-10,12-13,16,19-20H,3-4,6,8,11,14H2,1-2H3/t16-,20-,24+/m1/s1. The second kappa shape index (κ2) is 6.91. The Bertz CT molecular complexity index is 1250. The highest BCUT2D eigenvalue weighted by Crippen LogP contribution is 2.54. The van der Waals surface area contributed by atoms with Crippen molar-refractivity contribution in [1.29, 1.82) is 5.26 Å². The first-order valence-electron chi connectivity index (χ1n) is 11.4. The smallest absolute Gasteiger partial charge is 0.248 e. The molecule has 3 aromatic rings. The van der Waals surface area contributed by atoms with E-state index in [1.807, 2.05) is 34.8 Å². The summed E-state index contributed by atoms with van der Waals surface area (Å²) in [4.78, 5) is 17.6. The molecule has 0 bridgehead atoms. The third-order valence-electron chi connectivity index (χ3n) is 7.69. The predicted octanol–water partition coefficient (Wildman–Crippen LogP) is 2.98. The van der Waals surface area contributed by atoms with Crippen LogP contribution in [0.4, 0.5) is 5.69 Å². The van der Waals surface area contributed by atoms with E-state index in [0.29, 0.717) is 12.6 Å². The fraction of sp³-hybridized carbons (Fsp3) is 0.500. The molecule has 8 nitrogen and oxygen atoms in total. The Kier molecular flexibility index (Phi) is 4.21. The Morgan fingerprint density at radius 2 is 2.00 bits per heavy atom. The number of amides is 1. The molecule has 32 heavy (non-hydrogen) atoms. The lowest BCUT2D eigenvalue weighted by Crippen LogP contribution is -2.37. The quantitative estimate of drug-likeness (QED) is 0.637. The normalized spacial score (nSPS) is 28.7. The number of rotatable bonds is 4. The zero-order valence-corrected chi connectivity index (χ0v) is 18.5. The zero-order valence-electron chi connectivity index (χ0n) is 18.5. The van der Waals surface area contributed by atoms with Crippen LogP contribution >= 0.6 is 0 Å². The lowest BCUT2D eigenvalue weighted by Gasteiger charge is -2.23. The number of nitrogens with zero attached hydrogens (tertiary/aromatic N) is 7. The zero-order chi connectivity index (χ0) is 22.0. The molecule has 1 aliphatic carbocycles. The molecule has 2 aliphatic heterocycles. The van der Waals surface area contributed by atoms with Crippen LogP contribution in [0.15, 0.2) is 36.9 Å². The molecule has 3 aliphatic rings. The van der Waals surface area contributed by atoms with Crippen LogP contribution in [0, 0.1) is 28.6 Å². The molecule has 1 saturated carbocycles. The van der Waals surface area contributed by atoms with E-state index in [2.05, 4.69) is 45.2 Å². The molecule has 1 amide bonds. The van der Waals surface area contributed by atoms with Gasteiger partial charge >= 0.3 is 0 Å². The van der Waals surface area contributed by atoms with Gasteiger partial charge in [0, 0.05) is 48.7 Å². The third-order valence-corrected chi connectivity index (χ3v) is 7.69. The molecular formula is C24H27N7O. The highest BCUT2D eigenvalue weighted by molar-refractivity contribution is 6.05. The Balaban J connectivity index is 1.35. The van der Waals surface area contributed by atoms with E-state index >= 15 is 0 Å². The van der Waals surface area contributed by atoms with Gasteiger partial charge in [-0.05, 0) is 50.9 Å². The summed E-state index contributed by atoms with van der Waals surface area (Å²) in [5.74, 6) is 0.155. The van der Waals surface area contributed by atoms with Gasteiger partial charge < -0.3 is 9.80 Å². The lowest BCUT2D eigenvalue weighted by atomic mass is 9.75. The van der Waals surface area contributed by atoms with Crippen molar-refractivity contribution in [2.45, 2.75) is 32.2 Å². The first-order valence-corrected chi connectivity index (χ1v) is 11.4. The van der Waals surface area contributed by atoms with Crippen LogP contribution in [0.25, 0.3) is 16.6 Å². The van der Waals surface area contributed by atoms with Crippen LogP contribution < -0.4 is 4.90 Å². The van der Waals surface area contributed by atoms with Gasteiger partial charge in [-0.25, -0.2) is 4.52 Å². The summed E-state index contributed by atoms with van der Waals surface area (Å²) in [6.45, 7) is 4.71. The van der Waals surface area contributed by atoms with Gasteiger partial charge in [0.1, 0.15) is 5.41 Å². The number of nitriles is 1. The second-order valence-electron chi connectivity index (χ2n) is 9.76. The number of fused-ring (bicyclic) bond motifs is 1. The van der Waals surface area contributed by atoms with Crippen molar-refractivity contribution in [2.75, 3.05) is 31.6 Å². The summed E-state index contributed by atoms with van der Waals surface area (Å²) in [5, 5.41) is 19.1. The molecule has 6 rings (SSSR count). The molecule has 0 radical (unpaired) electrons. The van der Waals surface area contributed by atoms with Crippen LogP contribution in [0.5, 0.6) is 0 Å². The maximum atomic E-state index is 13.5. The minimum absolute atomic E-state index is 0.0120. The molecule has 0 spiro atoms. The minimum atomic E-state index is -0.884. The van der Waals surface area contributed by atoms with E-state index in [9.17, 15) is 10.1 Å². The van der Waals surface area contributed by atoms with Gasteiger partial charge in [-0.3, -0.25) is 9.48 Å². The van der Waals surface area contributed by atoms with Crippen molar-refractivity contribution >= 4 is 17.1 Å². The van der Waals surface area contributed by atoms with Crippen molar-refractivity contribution in [1.82, 2.24) is 24.3 Å². The topological polar surface area (TPSA) is 82.5 Å². The van der Waals surface area contributed by atoms with Gasteiger partial charge in [0.2, 0.25) is 5.91 Å². The van der Waals surface area contributed by atoms with Crippen LogP contribution in [-0.4, -0.2) is 56.9 Å². The van der Waals surface area contributed by atoms with E-state index in [1.165, 1.54) is 0 Å². The summed E-state index contributed by atoms with van der Waals surface area (Å²) < 4.78 is 3.89. The van der Waals surface area contributed by atoms with Gasteiger partial charge in [0.15, 0.2) is 0 Å². The molecule has 8 heteroatoms. The van der Waals surface area contributed by atoms with Crippen molar-refractivity contribution < 1.29 is 4.79 Å². The molecule has 164 valence electrons. The van der Waals surface area contributed by atoms with Crippen molar-refractivity contribution in [2.24, 2.45) is 17.3 Å². The van der Waals surface area contributed by atoms with Crippen LogP contribution in [0.2, 0.25) is 0 Å². The Labute approximate surface area is 187 Å². The van der Waals surface area contributed by atoms with Crippen LogP contribution in [0.3, 0.4) is 0 Å². The average Bonchev–Trinajstić information content (AvgIpc) is 3.14. The van der Waals surface area contributed by atoms with Crippen LogP contribution in [0.1, 0.15) is 32.2 Å². The molecular weight excluding hydrogens is 402 g/mol. The van der Waals surface area contributed by atoms with E-state index in [4.69, 9.17) is 0 Å². The number of hydrogen-bond acceptors (Lipinski definition) is 5. The van der Waals surface area contributed by atoms with E-state index in [0.717, 1.165) is 54.7 Å². The summed E-state index contributed by atoms with van der Waals surface area (Å²) in [5.41, 5.74) is 2.88. The van der Waals surface area contributed by atoms with Crippen molar-refractivity contribution in [3.63, 3.8) is 0 Å². The number of carbonyl (C=O) groups excluding carboxylic acids is 1. The number of aromatic nitrogens is 4. The Morgan fingerprint density at radius 1 is 1.16 bits per heavy atom.